The largest absolute Gasteiger partial charge is 0.497 e. The first-order valence-corrected chi connectivity index (χ1v) is 12.7. The van der Waals surface area contributed by atoms with Crippen LogP contribution >= 0.6 is 11.6 Å². The lowest BCUT2D eigenvalue weighted by Crippen LogP contribution is -2.21. The number of aromatic nitrogens is 2. The summed E-state index contributed by atoms with van der Waals surface area (Å²) in [5, 5.41) is 8.54. The van der Waals surface area contributed by atoms with Gasteiger partial charge in [0, 0.05) is 22.4 Å². The Hall–Kier alpha value is -4.42. The summed E-state index contributed by atoms with van der Waals surface area (Å²) in [5.41, 5.74) is 5.69. The van der Waals surface area contributed by atoms with Crippen molar-refractivity contribution >= 4 is 34.2 Å². The monoisotopic (exact) mass is 520 g/mol. The Morgan fingerprint density at radius 3 is 2.13 bits per heavy atom. The van der Waals surface area contributed by atoms with Crippen LogP contribution in [0.2, 0.25) is 5.02 Å². The molecule has 1 aliphatic heterocycles. The van der Waals surface area contributed by atoms with E-state index in [1.54, 1.807) is 14.2 Å². The molecular formula is C31H25ClN4O2. The summed E-state index contributed by atoms with van der Waals surface area (Å²) in [5.74, 6) is 2.14. The van der Waals surface area contributed by atoms with E-state index in [2.05, 4.69) is 12.1 Å². The Morgan fingerprint density at radius 1 is 0.763 bits per heavy atom. The Bertz CT molecular complexity index is 1620. The van der Waals surface area contributed by atoms with Gasteiger partial charge in [-0.1, -0.05) is 54.1 Å². The Morgan fingerprint density at radius 2 is 1.45 bits per heavy atom. The number of nitrogens with zero attached hydrogens (tertiary/aromatic N) is 4. The van der Waals surface area contributed by atoms with Crippen LogP contribution in [0.3, 0.4) is 0 Å². The molecule has 0 saturated heterocycles. The van der Waals surface area contributed by atoms with Crippen molar-refractivity contribution in [2.75, 3.05) is 19.2 Å². The van der Waals surface area contributed by atoms with Crippen molar-refractivity contribution in [2.45, 2.75) is 12.5 Å². The van der Waals surface area contributed by atoms with Gasteiger partial charge in [-0.15, -0.1) is 0 Å². The zero-order chi connectivity index (χ0) is 26.1. The fourth-order valence-electron chi connectivity index (χ4n) is 4.75. The Labute approximate surface area is 226 Å². The Balaban J connectivity index is 1.51. The number of ether oxygens (including phenoxy) is 2. The van der Waals surface area contributed by atoms with Gasteiger partial charge in [-0.3, -0.25) is 0 Å². The third kappa shape index (κ3) is 4.55. The average Bonchev–Trinajstić information content (AvgIpc) is 3.43. The highest BCUT2D eigenvalue weighted by Crippen LogP contribution is 2.38. The molecule has 188 valence electrons. The third-order valence-corrected chi connectivity index (χ3v) is 6.97. The van der Waals surface area contributed by atoms with Crippen LogP contribution in [0.15, 0.2) is 102 Å². The SMILES string of the molecule is COc1ccc(C2=NN(c3nc(-c4ccccc4)c4cc(Cl)ccc4n3)[C@H](c3ccc(OC)cc3)C2)cc1. The minimum absolute atomic E-state index is 0.0913. The van der Waals surface area contributed by atoms with Crippen molar-refractivity contribution < 1.29 is 9.47 Å². The molecule has 1 aromatic heterocycles. The molecule has 0 fully saturated rings. The quantitative estimate of drug-likeness (QED) is 0.235. The zero-order valence-electron chi connectivity index (χ0n) is 21.0. The van der Waals surface area contributed by atoms with Crippen LogP contribution in [-0.4, -0.2) is 29.9 Å². The second-order valence-corrected chi connectivity index (χ2v) is 9.45. The van der Waals surface area contributed by atoms with E-state index in [9.17, 15) is 0 Å². The predicted octanol–water partition coefficient (Wildman–Crippen LogP) is 7.32. The maximum atomic E-state index is 6.37. The number of halogens is 1. The van der Waals surface area contributed by atoms with E-state index in [1.807, 2.05) is 89.9 Å². The van der Waals surface area contributed by atoms with Crippen LogP contribution in [0, 0.1) is 0 Å². The number of rotatable bonds is 6. The van der Waals surface area contributed by atoms with Crippen LogP contribution in [0.4, 0.5) is 5.95 Å². The molecule has 0 radical (unpaired) electrons. The van der Waals surface area contributed by atoms with Gasteiger partial charge < -0.3 is 9.47 Å². The lowest BCUT2D eigenvalue weighted by atomic mass is 9.98. The van der Waals surface area contributed by atoms with Gasteiger partial charge in [0.1, 0.15) is 11.5 Å². The van der Waals surface area contributed by atoms with Crippen molar-refractivity contribution in [1.29, 1.82) is 0 Å². The molecule has 0 bridgehead atoms. The van der Waals surface area contributed by atoms with Crippen molar-refractivity contribution in [3.63, 3.8) is 0 Å². The number of methoxy groups -OCH3 is 2. The molecule has 4 aromatic carbocycles. The van der Waals surface area contributed by atoms with Gasteiger partial charge in [0.25, 0.3) is 0 Å². The summed E-state index contributed by atoms with van der Waals surface area (Å²) in [6.07, 6.45) is 0.696. The topological polar surface area (TPSA) is 59.8 Å². The highest BCUT2D eigenvalue weighted by atomic mass is 35.5. The molecule has 0 N–H and O–H groups in total. The number of benzene rings is 4. The van der Waals surface area contributed by atoms with Crippen molar-refractivity contribution in [1.82, 2.24) is 9.97 Å². The fourth-order valence-corrected chi connectivity index (χ4v) is 4.92. The maximum absolute atomic E-state index is 6.37. The van der Waals surface area contributed by atoms with Gasteiger partial charge in [-0.25, -0.2) is 15.0 Å². The number of hydrogen-bond donors (Lipinski definition) is 0. The minimum atomic E-state index is -0.0913. The van der Waals surface area contributed by atoms with E-state index in [4.69, 9.17) is 36.1 Å². The van der Waals surface area contributed by atoms with E-state index in [0.29, 0.717) is 17.4 Å². The predicted molar refractivity (Wildman–Crippen MR) is 152 cm³/mol. The minimum Gasteiger partial charge on any atom is -0.497 e. The van der Waals surface area contributed by atoms with E-state index in [-0.39, 0.29) is 6.04 Å². The van der Waals surface area contributed by atoms with Gasteiger partial charge in [0.2, 0.25) is 5.95 Å². The van der Waals surface area contributed by atoms with Crippen LogP contribution in [0.25, 0.3) is 22.2 Å². The zero-order valence-corrected chi connectivity index (χ0v) is 21.8. The molecule has 6 nitrogen and oxygen atoms in total. The molecule has 5 aromatic rings. The molecule has 0 spiro atoms. The second-order valence-electron chi connectivity index (χ2n) is 9.01. The van der Waals surface area contributed by atoms with Crippen molar-refractivity contribution in [3.8, 4) is 22.8 Å². The molecular weight excluding hydrogens is 496 g/mol. The highest BCUT2D eigenvalue weighted by Gasteiger charge is 2.32. The molecule has 6 rings (SSSR count). The van der Waals surface area contributed by atoms with Crippen molar-refractivity contribution in [3.05, 3.63) is 113 Å². The van der Waals surface area contributed by atoms with E-state index < -0.39 is 0 Å². The normalized spacial score (nSPS) is 15.0. The maximum Gasteiger partial charge on any atom is 0.247 e. The van der Waals surface area contributed by atoms with Gasteiger partial charge in [0.15, 0.2) is 0 Å². The lowest BCUT2D eigenvalue weighted by molar-refractivity contribution is 0.414. The van der Waals surface area contributed by atoms with Gasteiger partial charge >= 0.3 is 0 Å². The first kappa shape index (κ1) is 23.9. The Kier molecular flexibility index (Phi) is 6.40. The van der Waals surface area contributed by atoms with Crippen LogP contribution < -0.4 is 14.5 Å². The number of hydrazone groups is 1. The standard InChI is InChI=1S/C31H25ClN4O2/c1-37-24-13-8-20(9-14-24)28-19-29(21-10-15-25(38-2)16-11-21)36(35-28)31-33-27-17-12-23(32)18-26(27)30(34-31)22-6-4-3-5-7-22/h3-18,29H,19H2,1-2H3/t29-/m0/s1. The molecule has 38 heavy (non-hydrogen) atoms. The fraction of sp³-hybridized carbons (Fsp3) is 0.129. The highest BCUT2D eigenvalue weighted by molar-refractivity contribution is 6.31. The molecule has 1 aliphatic rings. The first-order chi connectivity index (χ1) is 18.6. The second kappa shape index (κ2) is 10.1. The number of hydrogen-bond acceptors (Lipinski definition) is 6. The smallest absolute Gasteiger partial charge is 0.247 e. The van der Waals surface area contributed by atoms with Gasteiger partial charge in [0.05, 0.1) is 37.2 Å². The molecule has 0 amide bonds. The van der Waals surface area contributed by atoms with Crippen LogP contribution in [0.1, 0.15) is 23.6 Å². The summed E-state index contributed by atoms with van der Waals surface area (Å²) in [7, 11) is 3.33. The van der Waals surface area contributed by atoms with Gasteiger partial charge in [-0.2, -0.15) is 5.10 Å². The summed E-state index contributed by atoms with van der Waals surface area (Å²) in [4.78, 5) is 10.0. The molecule has 1 atom stereocenters. The lowest BCUT2D eigenvalue weighted by Gasteiger charge is -2.23. The van der Waals surface area contributed by atoms with E-state index in [1.165, 1.54) is 0 Å². The average molecular weight is 521 g/mol. The summed E-state index contributed by atoms with van der Waals surface area (Å²) in [6.45, 7) is 0. The van der Waals surface area contributed by atoms with Crippen LogP contribution in [0.5, 0.6) is 11.5 Å². The van der Waals surface area contributed by atoms with E-state index in [0.717, 1.165) is 50.5 Å². The molecule has 0 unspecified atom stereocenters. The van der Waals surface area contributed by atoms with E-state index >= 15 is 0 Å². The molecule has 0 aliphatic carbocycles. The first-order valence-electron chi connectivity index (χ1n) is 12.3. The summed E-state index contributed by atoms with van der Waals surface area (Å²) in [6, 6.07) is 31.8. The molecule has 2 heterocycles. The van der Waals surface area contributed by atoms with Crippen LogP contribution in [-0.2, 0) is 0 Å². The molecule has 7 heteroatoms. The number of anilines is 1. The number of fused-ring (bicyclic) bond motifs is 1. The van der Waals surface area contributed by atoms with Crippen molar-refractivity contribution in [2.24, 2.45) is 5.10 Å². The third-order valence-electron chi connectivity index (χ3n) is 6.73. The summed E-state index contributed by atoms with van der Waals surface area (Å²) >= 11 is 6.37. The van der Waals surface area contributed by atoms with Gasteiger partial charge in [-0.05, 0) is 65.7 Å². The summed E-state index contributed by atoms with van der Waals surface area (Å²) < 4.78 is 10.7. The molecule has 0 saturated carbocycles.